The summed E-state index contributed by atoms with van der Waals surface area (Å²) < 4.78 is 0. The summed E-state index contributed by atoms with van der Waals surface area (Å²) in [6, 6.07) is 14.4. The van der Waals surface area contributed by atoms with E-state index < -0.39 is 0 Å². The SMILES string of the molecule is N#Cc1nc(-c2ccc(-c3nc(C#N)c(C#N)[nH]3)cc2)[nH]c1C#N. The van der Waals surface area contributed by atoms with Crippen molar-refractivity contribution < 1.29 is 0 Å². The minimum Gasteiger partial charge on any atom is -0.329 e. The third-order valence-corrected chi connectivity index (χ3v) is 3.27. The summed E-state index contributed by atoms with van der Waals surface area (Å²) in [6.45, 7) is 0. The molecule has 0 saturated heterocycles. The van der Waals surface area contributed by atoms with Crippen LogP contribution < -0.4 is 0 Å². The Morgan fingerprint density at radius 3 is 1.25 bits per heavy atom. The zero-order chi connectivity index (χ0) is 17.1. The van der Waals surface area contributed by atoms with Gasteiger partial charge in [0.15, 0.2) is 22.8 Å². The van der Waals surface area contributed by atoms with Gasteiger partial charge in [-0.2, -0.15) is 21.0 Å². The summed E-state index contributed by atoms with van der Waals surface area (Å²) in [6.07, 6.45) is 0. The highest BCUT2D eigenvalue weighted by Crippen LogP contribution is 2.23. The van der Waals surface area contributed by atoms with Gasteiger partial charge in [-0.05, 0) is 0 Å². The quantitative estimate of drug-likeness (QED) is 0.737. The lowest BCUT2D eigenvalue weighted by atomic mass is 10.1. The lowest BCUT2D eigenvalue weighted by Gasteiger charge is -1.99. The van der Waals surface area contributed by atoms with E-state index in [1.165, 1.54) is 0 Å². The Morgan fingerprint density at radius 2 is 1.00 bits per heavy atom. The van der Waals surface area contributed by atoms with Crippen LogP contribution in [-0.4, -0.2) is 19.9 Å². The van der Waals surface area contributed by atoms with E-state index in [0.717, 1.165) is 0 Å². The molecule has 0 atom stereocenters. The first kappa shape index (κ1) is 14.5. The molecule has 0 amide bonds. The van der Waals surface area contributed by atoms with Crippen LogP contribution in [0.5, 0.6) is 0 Å². The molecule has 1 aromatic carbocycles. The molecule has 0 aliphatic rings. The first-order valence-corrected chi connectivity index (χ1v) is 6.61. The highest BCUT2D eigenvalue weighted by molar-refractivity contribution is 5.65. The van der Waals surface area contributed by atoms with Crippen LogP contribution in [0.4, 0.5) is 0 Å². The highest BCUT2D eigenvalue weighted by atomic mass is 14.9. The molecule has 3 rings (SSSR count). The molecule has 0 fully saturated rings. The fourth-order valence-electron chi connectivity index (χ4n) is 2.13. The van der Waals surface area contributed by atoms with Crippen molar-refractivity contribution in [2.45, 2.75) is 0 Å². The second kappa shape index (κ2) is 5.77. The van der Waals surface area contributed by atoms with Crippen LogP contribution in [-0.2, 0) is 0 Å². The third kappa shape index (κ3) is 2.33. The molecule has 0 radical (unpaired) electrons. The second-order valence-electron chi connectivity index (χ2n) is 4.64. The predicted octanol–water partition coefficient (Wildman–Crippen LogP) is 1.95. The van der Waals surface area contributed by atoms with Crippen LogP contribution >= 0.6 is 0 Å². The lowest BCUT2D eigenvalue weighted by molar-refractivity contribution is 1.27. The van der Waals surface area contributed by atoms with Crippen LogP contribution in [0.25, 0.3) is 22.8 Å². The van der Waals surface area contributed by atoms with E-state index >= 15 is 0 Å². The van der Waals surface area contributed by atoms with E-state index in [1.54, 1.807) is 24.3 Å². The van der Waals surface area contributed by atoms with Gasteiger partial charge in [0, 0.05) is 11.1 Å². The van der Waals surface area contributed by atoms with Gasteiger partial charge in [0.25, 0.3) is 0 Å². The number of H-pyrrole nitrogens is 2. The van der Waals surface area contributed by atoms with E-state index in [9.17, 15) is 0 Å². The Morgan fingerprint density at radius 1 is 0.625 bits per heavy atom. The number of hydrogen-bond donors (Lipinski definition) is 2. The first-order valence-electron chi connectivity index (χ1n) is 6.61. The number of aromatic amines is 2. The predicted molar refractivity (Wildman–Crippen MR) is 80.5 cm³/mol. The Hall–Kier alpha value is -4.40. The van der Waals surface area contributed by atoms with Gasteiger partial charge >= 0.3 is 0 Å². The van der Waals surface area contributed by atoms with Crippen molar-refractivity contribution in [1.29, 1.82) is 21.0 Å². The third-order valence-electron chi connectivity index (χ3n) is 3.27. The van der Waals surface area contributed by atoms with Crippen molar-refractivity contribution in [2.24, 2.45) is 0 Å². The average molecular weight is 310 g/mol. The van der Waals surface area contributed by atoms with Gasteiger partial charge < -0.3 is 9.97 Å². The van der Waals surface area contributed by atoms with Crippen molar-refractivity contribution in [2.75, 3.05) is 0 Å². The fraction of sp³-hybridized carbons (Fsp3) is 0. The van der Waals surface area contributed by atoms with E-state index in [-0.39, 0.29) is 22.8 Å². The molecule has 2 aromatic heterocycles. The molecule has 0 bridgehead atoms. The fourth-order valence-corrected chi connectivity index (χ4v) is 2.13. The highest BCUT2D eigenvalue weighted by Gasteiger charge is 2.13. The van der Waals surface area contributed by atoms with Crippen molar-refractivity contribution in [3.8, 4) is 47.1 Å². The summed E-state index contributed by atoms with van der Waals surface area (Å²) in [5, 5.41) is 35.7. The zero-order valence-corrected chi connectivity index (χ0v) is 12.0. The van der Waals surface area contributed by atoms with E-state index in [0.29, 0.717) is 22.8 Å². The smallest absolute Gasteiger partial charge is 0.177 e. The summed E-state index contributed by atoms with van der Waals surface area (Å²) in [4.78, 5) is 13.7. The summed E-state index contributed by atoms with van der Waals surface area (Å²) in [5.74, 6) is 0.814. The summed E-state index contributed by atoms with van der Waals surface area (Å²) in [5.41, 5.74) is 1.67. The first-order chi connectivity index (χ1) is 11.7. The lowest BCUT2D eigenvalue weighted by Crippen LogP contribution is -1.84. The Kier molecular flexibility index (Phi) is 3.49. The topological polar surface area (TPSA) is 153 Å². The molecule has 0 spiro atoms. The molecule has 3 aromatic rings. The second-order valence-corrected chi connectivity index (χ2v) is 4.64. The van der Waals surface area contributed by atoms with Crippen molar-refractivity contribution in [1.82, 2.24) is 19.9 Å². The van der Waals surface area contributed by atoms with Gasteiger partial charge in [0.1, 0.15) is 35.9 Å². The van der Waals surface area contributed by atoms with Crippen LogP contribution in [0.2, 0.25) is 0 Å². The van der Waals surface area contributed by atoms with Crippen molar-refractivity contribution in [3.63, 3.8) is 0 Å². The molecule has 0 aliphatic heterocycles. The number of rotatable bonds is 2. The molecule has 2 heterocycles. The molecule has 0 saturated carbocycles. The number of imidazole rings is 2. The van der Waals surface area contributed by atoms with Gasteiger partial charge in [0.05, 0.1) is 0 Å². The molecule has 0 aliphatic carbocycles. The Balaban J connectivity index is 1.98. The minimum atomic E-state index is 0.0416. The van der Waals surface area contributed by atoms with Crippen LogP contribution in [0, 0.1) is 45.3 Å². The maximum absolute atomic E-state index is 8.94. The maximum Gasteiger partial charge on any atom is 0.177 e. The normalized spacial score (nSPS) is 9.50. The number of nitriles is 4. The van der Waals surface area contributed by atoms with Crippen LogP contribution in [0.1, 0.15) is 22.8 Å². The van der Waals surface area contributed by atoms with Gasteiger partial charge in [-0.1, -0.05) is 24.3 Å². The molecule has 8 heteroatoms. The number of hydrogen-bond acceptors (Lipinski definition) is 6. The Labute approximate surface area is 135 Å². The molecule has 8 nitrogen and oxygen atoms in total. The summed E-state index contributed by atoms with van der Waals surface area (Å²) >= 11 is 0. The van der Waals surface area contributed by atoms with Gasteiger partial charge in [-0.15, -0.1) is 0 Å². The van der Waals surface area contributed by atoms with Crippen LogP contribution in [0.3, 0.4) is 0 Å². The zero-order valence-electron chi connectivity index (χ0n) is 12.0. The maximum atomic E-state index is 8.94. The number of nitrogens with one attached hydrogen (secondary N) is 2. The Bertz CT molecular complexity index is 935. The van der Waals surface area contributed by atoms with Gasteiger partial charge in [0.2, 0.25) is 0 Å². The molecule has 110 valence electrons. The number of benzene rings is 1. The molecule has 2 N–H and O–H groups in total. The van der Waals surface area contributed by atoms with Crippen LogP contribution in [0.15, 0.2) is 24.3 Å². The van der Waals surface area contributed by atoms with E-state index in [4.69, 9.17) is 21.0 Å². The molecule has 0 unspecified atom stereocenters. The number of aromatic nitrogens is 4. The number of nitrogens with zero attached hydrogens (tertiary/aromatic N) is 6. The summed E-state index contributed by atoms with van der Waals surface area (Å²) in [7, 11) is 0. The van der Waals surface area contributed by atoms with Gasteiger partial charge in [-0.25, -0.2) is 9.97 Å². The molecular weight excluding hydrogens is 304 g/mol. The van der Waals surface area contributed by atoms with E-state index in [1.807, 2.05) is 24.3 Å². The van der Waals surface area contributed by atoms with Gasteiger partial charge in [-0.3, -0.25) is 0 Å². The monoisotopic (exact) mass is 310 g/mol. The van der Waals surface area contributed by atoms with E-state index in [2.05, 4.69) is 19.9 Å². The minimum absolute atomic E-state index is 0.0416. The molecular formula is C16H6N8. The molecule has 24 heavy (non-hydrogen) atoms. The average Bonchev–Trinajstić information content (AvgIpc) is 3.25. The van der Waals surface area contributed by atoms with Crippen molar-refractivity contribution >= 4 is 0 Å². The largest absolute Gasteiger partial charge is 0.329 e. The standard InChI is InChI=1S/C16H6N8/c17-5-11-12(6-18)22-15(21-11)9-1-2-10(4-3-9)16-23-13(7-19)14(8-20)24-16/h1-4H,(H,21,22)(H,23,24). The van der Waals surface area contributed by atoms with Crippen molar-refractivity contribution in [3.05, 3.63) is 47.0 Å².